The van der Waals surface area contributed by atoms with E-state index in [4.69, 9.17) is 15.5 Å². The van der Waals surface area contributed by atoms with Crippen molar-refractivity contribution in [2.75, 3.05) is 0 Å². The van der Waals surface area contributed by atoms with Gasteiger partial charge in [-0.05, 0) is 12.3 Å². The average Bonchev–Trinajstić information content (AvgIpc) is 3.08. The zero-order valence-electron chi connectivity index (χ0n) is 14.4. The third kappa shape index (κ3) is 6.69. The Morgan fingerprint density at radius 2 is 2.08 bits per heavy atom. The van der Waals surface area contributed by atoms with Crippen molar-refractivity contribution in [1.82, 2.24) is 20.9 Å². The molecule has 1 aromatic heterocycles. The lowest BCUT2D eigenvalue weighted by Gasteiger charge is -2.22. The lowest BCUT2D eigenvalue weighted by atomic mass is 9.84. The summed E-state index contributed by atoms with van der Waals surface area (Å²) in [5, 5.41) is 15.0. The first kappa shape index (κ1) is 19.2. The summed E-state index contributed by atoms with van der Waals surface area (Å²) in [6.45, 7) is 0.0693. The van der Waals surface area contributed by atoms with Gasteiger partial charge in [-0.15, -0.1) is 0 Å². The SMILES string of the molecule is NC(=O)NCc1noc(C(CCCC2CCCCC2)CC(=O)NO)n1. The molecule has 1 unspecified atom stereocenters. The van der Waals surface area contributed by atoms with Crippen molar-refractivity contribution in [1.29, 1.82) is 0 Å². The molecule has 0 aliphatic heterocycles. The number of hydrogen-bond acceptors (Lipinski definition) is 6. The van der Waals surface area contributed by atoms with Crippen LogP contribution in [0.5, 0.6) is 0 Å². The summed E-state index contributed by atoms with van der Waals surface area (Å²) < 4.78 is 5.23. The number of aromatic nitrogens is 2. The second kappa shape index (κ2) is 9.97. The molecule has 140 valence electrons. The highest BCUT2D eigenvalue weighted by atomic mass is 16.5. The van der Waals surface area contributed by atoms with Crippen molar-refractivity contribution >= 4 is 11.9 Å². The van der Waals surface area contributed by atoms with Crippen molar-refractivity contribution in [3.63, 3.8) is 0 Å². The number of hydroxylamine groups is 1. The smallest absolute Gasteiger partial charge is 0.312 e. The van der Waals surface area contributed by atoms with E-state index in [1.165, 1.54) is 32.1 Å². The van der Waals surface area contributed by atoms with Crippen LogP contribution in [0.15, 0.2) is 4.52 Å². The Balaban J connectivity index is 1.90. The Labute approximate surface area is 146 Å². The average molecular weight is 353 g/mol. The predicted octanol–water partition coefficient (Wildman–Crippen LogP) is 1.97. The lowest BCUT2D eigenvalue weighted by Crippen LogP contribution is -2.29. The van der Waals surface area contributed by atoms with Gasteiger partial charge in [0.15, 0.2) is 5.82 Å². The van der Waals surface area contributed by atoms with Crippen LogP contribution in [0, 0.1) is 5.92 Å². The number of rotatable bonds is 9. The van der Waals surface area contributed by atoms with Crippen LogP contribution in [0.1, 0.15) is 75.4 Å². The minimum Gasteiger partial charge on any atom is -0.352 e. The summed E-state index contributed by atoms with van der Waals surface area (Å²) in [5.41, 5.74) is 6.66. The van der Waals surface area contributed by atoms with Crippen molar-refractivity contribution in [3.8, 4) is 0 Å². The van der Waals surface area contributed by atoms with E-state index in [0.29, 0.717) is 11.7 Å². The molecular formula is C16H27N5O4. The molecule has 1 heterocycles. The van der Waals surface area contributed by atoms with Gasteiger partial charge >= 0.3 is 6.03 Å². The van der Waals surface area contributed by atoms with E-state index >= 15 is 0 Å². The fourth-order valence-corrected chi connectivity index (χ4v) is 3.38. The van der Waals surface area contributed by atoms with Crippen molar-refractivity contribution in [2.24, 2.45) is 11.7 Å². The van der Waals surface area contributed by atoms with Crippen LogP contribution in [0.4, 0.5) is 4.79 Å². The molecule has 1 aliphatic rings. The number of hydrogen-bond donors (Lipinski definition) is 4. The van der Waals surface area contributed by atoms with E-state index in [-0.39, 0.29) is 18.9 Å². The van der Waals surface area contributed by atoms with Crippen LogP contribution >= 0.6 is 0 Å². The molecule has 0 bridgehead atoms. The maximum atomic E-state index is 11.6. The number of urea groups is 1. The van der Waals surface area contributed by atoms with Crippen LogP contribution in [-0.4, -0.2) is 27.3 Å². The molecular weight excluding hydrogens is 326 g/mol. The number of carbonyl (C=O) groups is 2. The number of amides is 3. The second-order valence-electron chi connectivity index (χ2n) is 6.64. The molecule has 5 N–H and O–H groups in total. The molecule has 9 nitrogen and oxygen atoms in total. The highest BCUT2D eigenvalue weighted by Crippen LogP contribution is 2.31. The topological polar surface area (TPSA) is 143 Å². The third-order valence-electron chi connectivity index (χ3n) is 4.70. The van der Waals surface area contributed by atoms with Gasteiger partial charge in [0.25, 0.3) is 0 Å². The minimum atomic E-state index is -0.671. The molecule has 2 rings (SSSR count). The largest absolute Gasteiger partial charge is 0.352 e. The first-order valence-electron chi connectivity index (χ1n) is 8.87. The lowest BCUT2D eigenvalue weighted by molar-refractivity contribution is -0.129. The van der Waals surface area contributed by atoms with Crippen LogP contribution in [-0.2, 0) is 11.3 Å². The molecule has 0 aromatic carbocycles. The summed E-state index contributed by atoms with van der Waals surface area (Å²) in [5.74, 6) is 0.659. The number of primary amides is 1. The zero-order chi connectivity index (χ0) is 18.1. The van der Waals surface area contributed by atoms with E-state index in [1.807, 2.05) is 0 Å². The quantitative estimate of drug-likeness (QED) is 0.395. The Hall–Kier alpha value is -2.16. The molecule has 25 heavy (non-hydrogen) atoms. The molecule has 1 saturated carbocycles. The number of nitrogens with one attached hydrogen (secondary N) is 2. The van der Waals surface area contributed by atoms with Crippen molar-refractivity contribution in [2.45, 2.75) is 70.3 Å². The van der Waals surface area contributed by atoms with Crippen LogP contribution < -0.4 is 16.5 Å². The highest BCUT2D eigenvalue weighted by Gasteiger charge is 2.23. The summed E-state index contributed by atoms with van der Waals surface area (Å²) in [6, 6.07) is -0.671. The second-order valence-corrected chi connectivity index (χ2v) is 6.64. The first-order valence-corrected chi connectivity index (χ1v) is 8.87. The van der Waals surface area contributed by atoms with E-state index in [9.17, 15) is 9.59 Å². The molecule has 1 aromatic rings. The molecule has 1 fully saturated rings. The first-order chi connectivity index (χ1) is 12.1. The van der Waals surface area contributed by atoms with Gasteiger partial charge in [0.05, 0.1) is 6.54 Å². The van der Waals surface area contributed by atoms with Crippen molar-refractivity contribution < 1.29 is 19.3 Å². The monoisotopic (exact) mass is 353 g/mol. The Kier molecular flexibility index (Phi) is 7.65. The fraction of sp³-hybridized carbons (Fsp3) is 0.750. The third-order valence-corrected chi connectivity index (χ3v) is 4.70. The summed E-state index contributed by atoms with van der Waals surface area (Å²) in [4.78, 5) is 26.5. The van der Waals surface area contributed by atoms with Crippen molar-refractivity contribution in [3.05, 3.63) is 11.7 Å². The van der Waals surface area contributed by atoms with E-state index in [0.717, 1.165) is 25.2 Å². The molecule has 1 aliphatic carbocycles. The van der Waals surface area contributed by atoms with Gasteiger partial charge in [0.1, 0.15) is 0 Å². The molecule has 9 heteroatoms. The van der Waals surface area contributed by atoms with Gasteiger partial charge in [-0.3, -0.25) is 10.0 Å². The molecule has 0 saturated heterocycles. The predicted molar refractivity (Wildman–Crippen MR) is 88.4 cm³/mol. The van der Waals surface area contributed by atoms with Gasteiger partial charge in [0, 0.05) is 12.3 Å². The van der Waals surface area contributed by atoms with Gasteiger partial charge < -0.3 is 15.6 Å². The summed E-state index contributed by atoms with van der Waals surface area (Å²) in [6.07, 6.45) is 9.41. The summed E-state index contributed by atoms with van der Waals surface area (Å²) >= 11 is 0. The van der Waals surface area contributed by atoms with Crippen LogP contribution in [0.2, 0.25) is 0 Å². The number of nitrogens with two attached hydrogens (primary N) is 1. The van der Waals surface area contributed by atoms with Gasteiger partial charge in [-0.1, -0.05) is 50.1 Å². The maximum absolute atomic E-state index is 11.6. The Morgan fingerprint density at radius 1 is 1.32 bits per heavy atom. The standard InChI is InChI=1S/C16H27N5O4/c17-16(23)18-10-13-19-15(25-21-13)12(9-14(22)20-24)8-4-7-11-5-2-1-3-6-11/h11-12,24H,1-10H2,(H,20,22)(H3,17,18,23). The van der Waals surface area contributed by atoms with E-state index in [1.54, 1.807) is 5.48 Å². The zero-order valence-corrected chi connectivity index (χ0v) is 14.4. The number of carbonyl (C=O) groups excluding carboxylic acids is 2. The Morgan fingerprint density at radius 3 is 2.76 bits per heavy atom. The molecule has 1 atom stereocenters. The number of nitrogens with zero attached hydrogens (tertiary/aromatic N) is 2. The fourth-order valence-electron chi connectivity index (χ4n) is 3.38. The van der Waals surface area contributed by atoms with Crippen LogP contribution in [0.25, 0.3) is 0 Å². The normalized spacial score (nSPS) is 16.4. The van der Waals surface area contributed by atoms with E-state index in [2.05, 4.69) is 15.5 Å². The Bertz CT molecular complexity index is 556. The van der Waals surface area contributed by atoms with Gasteiger partial charge in [0.2, 0.25) is 11.8 Å². The minimum absolute atomic E-state index is 0.0693. The van der Waals surface area contributed by atoms with E-state index < -0.39 is 11.9 Å². The van der Waals surface area contributed by atoms with Gasteiger partial charge in [-0.2, -0.15) is 4.98 Å². The molecule has 3 amide bonds. The summed E-state index contributed by atoms with van der Waals surface area (Å²) in [7, 11) is 0. The van der Waals surface area contributed by atoms with Gasteiger partial charge in [-0.25, -0.2) is 10.3 Å². The maximum Gasteiger partial charge on any atom is 0.312 e. The molecule has 0 spiro atoms. The molecule has 0 radical (unpaired) electrons. The van der Waals surface area contributed by atoms with Crippen LogP contribution in [0.3, 0.4) is 0 Å². The highest BCUT2D eigenvalue weighted by molar-refractivity contribution is 5.75.